The Hall–Kier alpha value is -1.58. The van der Waals surface area contributed by atoms with Crippen molar-refractivity contribution in [2.45, 2.75) is 33.3 Å². The van der Waals surface area contributed by atoms with Crippen molar-refractivity contribution in [2.24, 2.45) is 0 Å². The summed E-state index contributed by atoms with van der Waals surface area (Å²) in [6.45, 7) is 11.9. The standard InChI is InChI=1S/C12H18O4/c1-6-10(16-12(14)9(4)5)7-15-11(13)8(2)3/h10H,2,4,6-7H2,1,3,5H3. The molecule has 0 N–H and O–H groups in total. The van der Waals surface area contributed by atoms with Crippen LogP contribution in [0.1, 0.15) is 27.2 Å². The molecule has 90 valence electrons. The highest BCUT2D eigenvalue weighted by Gasteiger charge is 2.15. The van der Waals surface area contributed by atoms with Gasteiger partial charge in [0.15, 0.2) is 0 Å². The van der Waals surface area contributed by atoms with Crippen LogP contribution >= 0.6 is 0 Å². The molecule has 1 unspecified atom stereocenters. The van der Waals surface area contributed by atoms with Crippen molar-refractivity contribution in [3.8, 4) is 0 Å². The number of rotatable bonds is 6. The van der Waals surface area contributed by atoms with E-state index < -0.39 is 18.0 Å². The normalized spacial score (nSPS) is 11.4. The van der Waals surface area contributed by atoms with Gasteiger partial charge in [0.05, 0.1) is 0 Å². The SMILES string of the molecule is C=C(C)C(=O)OCC(CC)OC(=O)C(=C)C. The molecule has 0 saturated heterocycles. The lowest BCUT2D eigenvalue weighted by atomic mass is 10.3. The number of carbonyl (C=O) groups excluding carboxylic acids is 2. The van der Waals surface area contributed by atoms with Crippen molar-refractivity contribution in [1.29, 1.82) is 0 Å². The summed E-state index contributed by atoms with van der Waals surface area (Å²) in [5.74, 6) is -0.956. The third-order valence-electron chi connectivity index (χ3n) is 1.83. The zero-order chi connectivity index (χ0) is 12.7. The van der Waals surface area contributed by atoms with Crippen molar-refractivity contribution in [3.63, 3.8) is 0 Å². The van der Waals surface area contributed by atoms with Crippen molar-refractivity contribution in [2.75, 3.05) is 6.61 Å². The molecule has 1 atom stereocenters. The Kier molecular flexibility index (Phi) is 6.15. The second-order valence-corrected chi connectivity index (χ2v) is 3.59. The summed E-state index contributed by atoms with van der Waals surface area (Å²) >= 11 is 0. The molecule has 0 amide bonds. The lowest BCUT2D eigenvalue weighted by Gasteiger charge is -2.16. The van der Waals surface area contributed by atoms with Crippen molar-refractivity contribution >= 4 is 11.9 Å². The second kappa shape index (κ2) is 6.82. The Labute approximate surface area is 95.9 Å². The van der Waals surface area contributed by atoms with Gasteiger partial charge in [0.25, 0.3) is 0 Å². The molecule has 0 aromatic heterocycles. The summed E-state index contributed by atoms with van der Waals surface area (Å²) in [5, 5.41) is 0. The van der Waals surface area contributed by atoms with Gasteiger partial charge >= 0.3 is 11.9 Å². The van der Waals surface area contributed by atoms with Crippen LogP contribution < -0.4 is 0 Å². The van der Waals surface area contributed by atoms with Gasteiger partial charge in [-0.05, 0) is 20.3 Å². The van der Waals surface area contributed by atoms with Crippen LogP contribution in [0.25, 0.3) is 0 Å². The Bertz CT molecular complexity index is 304. The van der Waals surface area contributed by atoms with Crippen molar-refractivity contribution in [1.82, 2.24) is 0 Å². The molecule has 0 saturated carbocycles. The number of hydrogen-bond donors (Lipinski definition) is 0. The fraction of sp³-hybridized carbons (Fsp3) is 0.500. The van der Waals surface area contributed by atoms with E-state index in [1.165, 1.54) is 0 Å². The van der Waals surface area contributed by atoms with E-state index in [1.54, 1.807) is 13.8 Å². The predicted octanol–water partition coefficient (Wildman–Crippen LogP) is 2.00. The largest absolute Gasteiger partial charge is 0.458 e. The zero-order valence-electron chi connectivity index (χ0n) is 10.0. The van der Waals surface area contributed by atoms with Crippen LogP contribution in [-0.2, 0) is 19.1 Å². The van der Waals surface area contributed by atoms with Crippen LogP contribution in [0.3, 0.4) is 0 Å². The first kappa shape index (κ1) is 14.4. The van der Waals surface area contributed by atoms with E-state index >= 15 is 0 Å². The Morgan fingerprint density at radius 1 is 1.12 bits per heavy atom. The van der Waals surface area contributed by atoms with Crippen LogP contribution in [0.15, 0.2) is 24.3 Å². The van der Waals surface area contributed by atoms with E-state index in [2.05, 4.69) is 13.2 Å². The minimum atomic E-state index is -0.482. The first-order valence-electron chi connectivity index (χ1n) is 5.07. The molecule has 0 aliphatic rings. The highest BCUT2D eigenvalue weighted by molar-refractivity contribution is 5.87. The number of ether oxygens (including phenoxy) is 2. The lowest BCUT2D eigenvalue weighted by Crippen LogP contribution is -2.25. The summed E-state index contributed by atoms with van der Waals surface area (Å²) in [4.78, 5) is 22.3. The van der Waals surface area contributed by atoms with E-state index in [1.807, 2.05) is 6.92 Å². The van der Waals surface area contributed by atoms with Crippen LogP contribution in [0.4, 0.5) is 0 Å². The van der Waals surface area contributed by atoms with Crippen LogP contribution in [0.5, 0.6) is 0 Å². The first-order chi connectivity index (χ1) is 7.38. The molecule has 0 aromatic rings. The molecule has 4 nitrogen and oxygen atoms in total. The van der Waals surface area contributed by atoms with Crippen molar-refractivity contribution < 1.29 is 19.1 Å². The van der Waals surface area contributed by atoms with Gasteiger partial charge in [-0.15, -0.1) is 0 Å². The summed E-state index contributed by atoms with van der Waals surface area (Å²) in [6.07, 6.45) is 0.134. The molecule has 0 bridgehead atoms. The fourth-order valence-corrected chi connectivity index (χ4v) is 0.779. The highest BCUT2D eigenvalue weighted by Crippen LogP contribution is 2.04. The first-order valence-corrected chi connectivity index (χ1v) is 5.07. The molecule has 0 rings (SSSR count). The maximum Gasteiger partial charge on any atom is 0.333 e. The third-order valence-corrected chi connectivity index (χ3v) is 1.83. The molecule has 0 aromatic carbocycles. The summed E-state index contributed by atoms with van der Waals surface area (Å²) in [6, 6.07) is 0. The topological polar surface area (TPSA) is 52.6 Å². The molecular weight excluding hydrogens is 208 g/mol. The quantitative estimate of drug-likeness (QED) is 0.513. The van der Waals surface area contributed by atoms with E-state index in [4.69, 9.17) is 9.47 Å². The molecule has 0 spiro atoms. The van der Waals surface area contributed by atoms with Gasteiger partial charge in [0.1, 0.15) is 12.7 Å². The summed E-state index contributed by atoms with van der Waals surface area (Å²) < 4.78 is 9.94. The van der Waals surface area contributed by atoms with E-state index in [-0.39, 0.29) is 6.61 Å². The monoisotopic (exact) mass is 226 g/mol. The van der Waals surface area contributed by atoms with Crippen LogP contribution in [-0.4, -0.2) is 24.6 Å². The highest BCUT2D eigenvalue weighted by atomic mass is 16.6. The van der Waals surface area contributed by atoms with Gasteiger partial charge in [-0.3, -0.25) is 0 Å². The zero-order valence-corrected chi connectivity index (χ0v) is 10.0. The van der Waals surface area contributed by atoms with Crippen LogP contribution in [0.2, 0.25) is 0 Å². The Morgan fingerprint density at radius 2 is 1.62 bits per heavy atom. The minimum Gasteiger partial charge on any atom is -0.458 e. The molecule has 16 heavy (non-hydrogen) atoms. The molecular formula is C12H18O4. The summed E-state index contributed by atoms with van der Waals surface area (Å²) in [5.41, 5.74) is 0.644. The van der Waals surface area contributed by atoms with Gasteiger partial charge in [-0.1, -0.05) is 20.1 Å². The Morgan fingerprint density at radius 3 is 2.00 bits per heavy atom. The molecule has 0 aliphatic carbocycles. The van der Waals surface area contributed by atoms with Crippen LogP contribution in [0, 0.1) is 0 Å². The summed E-state index contributed by atoms with van der Waals surface area (Å²) in [7, 11) is 0. The molecule has 0 aliphatic heterocycles. The van der Waals surface area contributed by atoms with Gasteiger partial charge in [0.2, 0.25) is 0 Å². The molecule has 0 heterocycles. The van der Waals surface area contributed by atoms with Gasteiger partial charge in [-0.25, -0.2) is 9.59 Å². The third kappa shape index (κ3) is 5.34. The van der Waals surface area contributed by atoms with Gasteiger partial charge in [0, 0.05) is 11.1 Å². The molecule has 4 heteroatoms. The average molecular weight is 226 g/mol. The predicted molar refractivity (Wildman–Crippen MR) is 60.8 cm³/mol. The fourth-order valence-electron chi connectivity index (χ4n) is 0.779. The van der Waals surface area contributed by atoms with Crippen molar-refractivity contribution in [3.05, 3.63) is 24.3 Å². The van der Waals surface area contributed by atoms with Gasteiger partial charge < -0.3 is 9.47 Å². The Balaban J connectivity index is 4.11. The smallest absolute Gasteiger partial charge is 0.333 e. The van der Waals surface area contributed by atoms with Gasteiger partial charge in [-0.2, -0.15) is 0 Å². The minimum absolute atomic E-state index is 0.0429. The number of esters is 2. The van der Waals surface area contributed by atoms with E-state index in [0.717, 1.165) is 0 Å². The number of carbonyl (C=O) groups is 2. The molecule has 0 radical (unpaired) electrons. The number of hydrogen-bond acceptors (Lipinski definition) is 4. The maximum atomic E-state index is 11.2. The van der Waals surface area contributed by atoms with E-state index in [9.17, 15) is 9.59 Å². The maximum absolute atomic E-state index is 11.2. The average Bonchev–Trinajstić information content (AvgIpc) is 2.22. The lowest BCUT2D eigenvalue weighted by molar-refractivity contribution is -0.154. The molecule has 0 fully saturated rings. The second-order valence-electron chi connectivity index (χ2n) is 3.59. The van der Waals surface area contributed by atoms with E-state index in [0.29, 0.717) is 17.6 Å².